The average molecular weight is 306 g/mol. The molecule has 0 fully saturated rings. The van der Waals surface area contributed by atoms with E-state index in [0.717, 1.165) is 17.1 Å². The van der Waals surface area contributed by atoms with E-state index in [2.05, 4.69) is 10.1 Å². The lowest BCUT2D eigenvalue weighted by Gasteiger charge is -2.31. The minimum Gasteiger partial charge on any atom is -0.386 e. The quantitative estimate of drug-likeness (QED) is 0.792. The smallest absolute Gasteiger partial charge is 0.386 e. The van der Waals surface area contributed by atoms with Crippen molar-refractivity contribution in [2.45, 2.75) is 25.2 Å². The summed E-state index contributed by atoms with van der Waals surface area (Å²) in [6, 6.07) is 8.55. The summed E-state index contributed by atoms with van der Waals surface area (Å²) in [6.45, 7) is 1.81. The molecule has 1 aliphatic rings. The van der Waals surface area contributed by atoms with E-state index in [1.54, 1.807) is 6.92 Å². The number of hydrogen-bond acceptors (Lipinski definition) is 3. The van der Waals surface area contributed by atoms with Crippen molar-refractivity contribution >= 4 is 19.1 Å². The summed E-state index contributed by atoms with van der Waals surface area (Å²) in [4.78, 5) is 4.43. The lowest BCUT2D eigenvalue weighted by molar-refractivity contribution is -0.141. The van der Waals surface area contributed by atoms with Gasteiger partial charge in [0, 0.05) is 0 Å². The Bertz CT molecular complexity index is 766. The Balaban J connectivity index is 2.20. The number of nitrogens with two attached hydrogens (primary N) is 1. The highest BCUT2D eigenvalue weighted by Crippen LogP contribution is 2.38. The van der Waals surface area contributed by atoms with Crippen LogP contribution in [-0.2, 0) is 18.3 Å². The number of alkyl halides is 3. The van der Waals surface area contributed by atoms with Crippen molar-refractivity contribution in [1.82, 2.24) is 9.78 Å². The van der Waals surface area contributed by atoms with Crippen molar-refractivity contribution in [1.29, 1.82) is 0 Å². The van der Waals surface area contributed by atoms with Crippen molar-refractivity contribution in [3.8, 4) is 0 Å². The summed E-state index contributed by atoms with van der Waals surface area (Å²) < 4.78 is 40.1. The fourth-order valence-corrected chi connectivity index (χ4v) is 2.76. The van der Waals surface area contributed by atoms with Crippen molar-refractivity contribution in [2.24, 2.45) is 10.7 Å². The van der Waals surface area contributed by atoms with Gasteiger partial charge in [0.1, 0.15) is 19.2 Å². The highest BCUT2D eigenvalue weighted by molar-refractivity contribution is 6.32. The molecule has 0 radical (unpaired) electrons. The van der Waals surface area contributed by atoms with Crippen LogP contribution in [0.2, 0.25) is 0 Å². The van der Waals surface area contributed by atoms with Crippen LogP contribution in [0.15, 0.2) is 35.3 Å². The third-order valence-electron chi connectivity index (χ3n) is 3.83. The zero-order valence-electron chi connectivity index (χ0n) is 12.1. The van der Waals surface area contributed by atoms with Gasteiger partial charge in [-0.25, -0.2) is 0 Å². The van der Waals surface area contributed by atoms with Gasteiger partial charge in [-0.05, 0) is 18.6 Å². The lowest BCUT2D eigenvalue weighted by Crippen LogP contribution is -2.37. The molecular weight excluding hydrogens is 292 g/mol. The third kappa shape index (κ3) is 2.28. The maximum absolute atomic E-state index is 12.9. The van der Waals surface area contributed by atoms with Crippen LogP contribution < -0.4 is 11.2 Å². The first-order valence-electron chi connectivity index (χ1n) is 6.77. The van der Waals surface area contributed by atoms with E-state index < -0.39 is 17.4 Å². The summed E-state index contributed by atoms with van der Waals surface area (Å²) in [5.41, 5.74) is 6.09. The monoisotopic (exact) mass is 306 g/mol. The molecule has 2 heterocycles. The Morgan fingerprint density at radius 1 is 1.32 bits per heavy atom. The van der Waals surface area contributed by atoms with E-state index in [1.165, 1.54) is 4.68 Å². The zero-order valence-corrected chi connectivity index (χ0v) is 12.1. The van der Waals surface area contributed by atoms with Crippen molar-refractivity contribution in [3.63, 3.8) is 0 Å². The van der Waals surface area contributed by atoms with Crippen LogP contribution in [0.4, 0.5) is 13.2 Å². The van der Waals surface area contributed by atoms with Gasteiger partial charge in [0.15, 0.2) is 5.69 Å². The Morgan fingerprint density at radius 2 is 2.05 bits per heavy atom. The van der Waals surface area contributed by atoms with Gasteiger partial charge in [0.25, 0.3) is 0 Å². The lowest BCUT2D eigenvalue weighted by atomic mass is 9.84. The second-order valence-corrected chi connectivity index (χ2v) is 5.62. The number of rotatable bonds is 1. The molecule has 0 saturated heterocycles. The van der Waals surface area contributed by atoms with E-state index in [9.17, 15) is 13.2 Å². The van der Waals surface area contributed by atoms with Crippen LogP contribution in [0.5, 0.6) is 0 Å². The van der Waals surface area contributed by atoms with Crippen LogP contribution in [0.3, 0.4) is 0 Å². The molecule has 1 aromatic carbocycles. The minimum absolute atomic E-state index is 0.0623. The van der Waals surface area contributed by atoms with Gasteiger partial charge in [-0.15, -0.1) is 0 Å². The molecule has 0 bridgehead atoms. The number of aromatic nitrogens is 2. The molecule has 0 saturated carbocycles. The van der Waals surface area contributed by atoms with E-state index in [4.69, 9.17) is 5.73 Å². The molecule has 1 atom stereocenters. The van der Waals surface area contributed by atoms with E-state index >= 15 is 0 Å². The largest absolute Gasteiger partial charge is 0.435 e. The molecule has 22 heavy (non-hydrogen) atoms. The number of amidine groups is 1. The number of fused-ring (bicyclic) bond motifs is 1. The summed E-state index contributed by atoms with van der Waals surface area (Å²) in [7, 11) is 1.92. The number of halogens is 3. The Morgan fingerprint density at radius 3 is 2.68 bits per heavy atom. The predicted octanol–water partition coefficient (Wildman–Crippen LogP) is 0.795. The standard InChI is InChI=1S/C14H14BF3N4/c1-13(8-3-2-4-9(15)5-8)11-6-10(14(16,17)18)21-22(11)7-12(19)20-13/h2-6H,7,15H2,1H3,(H2,19,20). The maximum Gasteiger partial charge on any atom is 0.435 e. The molecule has 114 valence electrons. The maximum atomic E-state index is 12.9. The van der Waals surface area contributed by atoms with E-state index in [0.29, 0.717) is 5.69 Å². The van der Waals surface area contributed by atoms with Gasteiger partial charge >= 0.3 is 6.18 Å². The van der Waals surface area contributed by atoms with Gasteiger partial charge in [-0.3, -0.25) is 9.67 Å². The van der Waals surface area contributed by atoms with Crippen LogP contribution >= 0.6 is 0 Å². The van der Waals surface area contributed by atoms with Crippen LogP contribution in [0.25, 0.3) is 0 Å². The van der Waals surface area contributed by atoms with Gasteiger partial charge in [-0.2, -0.15) is 18.3 Å². The first-order valence-corrected chi connectivity index (χ1v) is 6.77. The SMILES string of the molecule is Bc1cccc(C2(C)N=C(N)Cn3nc(C(F)(F)F)cc32)c1. The molecule has 2 N–H and O–H groups in total. The second-order valence-electron chi connectivity index (χ2n) is 5.62. The molecule has 0 aliphatic carbocycles. The van der Waals surface area contributed by atoms with Gasteiger partial charge in [0.05, 0.1) is 12.2 Å². The number of benzene rings is 1. The summed E-state index contributed by atoms with van der Waals surface area (Å²) in [5, 5.41) is 3.65. The highest BCUT2D eigenvalue weighted by Gasteiger charge is 2.41. The Hall–Kier alpha value is -2.25. The fourth-order valence-electron chi connectivity index (χ4n) is 2.76. The van der Waals surface area contributed by atoms with Crippen molar-refractivity contribution in [3.05, 3.63) is 47.3 Å². The van der Waals surface area contributed by atoms with Crippen LogP contribution in [0, 0.1) is 0 Å². The molecular formula is C14H14BF3N4. The molecule has 2 aromatic rings. The number of aliphatic imine (C=N–C) groups is 1. The Labute approximate surface area is 126 Å². The summed E-state index contributed by atoms with van der Waals surface area (Å²) in [6.07, 6.45) is -4.49. The molecule has 1 aliphatic heterocycles. The molecule has 1 aromatic heterocycles. The van der Waals surface area contributed by atoms with Crippen molar-refractivity contribution in [2.75, 3.05) is 0 Å². The highest BCUT2D eigenvalue weighted by atomic mass is 19.4. The van der Waals surface area contributed by atoms with Gasteiger partial charge in [0.2, 0.25) is 0 Å². The molecule has 1 unspecified atom stereocenters. The molecule has 8 heteroatoms. The third-order valence-corrected chi connectivity index (χ3v) is 3.83. The predicted molar refractivity (Wildman–Crippen MR) is 79.9 cm³/mol. The van der Waals surface area contributed by atoms with Crippen molar-refractivity contribution < 1.29 is 13.2 Å². The van der Waals surface area contributed by atoms with Crippen LogP contribution in [0.1, 0.15) is 23.9 Å². The van der Waals surface area contributed by atoms with E-state index in [-0.39, 0.29) is 12.4 Å². The molecule has 0 amide bonds. The minimum atomic E-state index is -4.49. The van der Waals surface area contributed by atoms with E-state index in [1.807, 2.05) is 32.1 Å². The topological polar surface area (TPSA) is 56.2 Å². The summed E-state index contributed by atoms with van der Waals surface area (Å²) in [5.74, 6) is 0.258. The van der Waals surface area contributed by atoms with Gasteiger partial charge < -0.3 is 5.73 Å². The normalized spacial score (nSPS) is 21.4. The fraction of sp³-hybridized carbons (Fsp3) is 0.286. The average Bonchev–Trinajstić information content (AvgIpc) is 2.83. The molecule has 0 spiro atoms. The van der Waals surface area contributed by atoms with Crippen LogP contribution in [-0.4, -0.2) is 23.5 Å². The Kier molecular flexibility index (Phi) is 3.09. The number of hydrogen-bond donors (Lipinski definition) is 1. The zero-order chi connectivity index (χ0) is 16.1. The van der Waals surface area contributed by atoms with Gasteiger partial charge in [-0.1, -0.05) is 29.7 Å². The second kappa shape index (κ2) is 4.62. The number of nitrogens with zero attached hydrogens (tertiary/aromatic N) is 3. The molecule has 4 nitrogen and oxygen atoms in total. The first kappa shape index (κ1) is 14.7. The first-order chi connectivity index (χ1) is 10.2. The summed E-state index contributed by atoms with van der Waals surface area (Å²) >= 11 is 0. The molecule has 3 rings (SSSR count).